The van der Waals surface area contributed by atoms with Gasteiger partial charge in [-0.2, -0.15) is 0 Å². The summed E-state index contributed by atoms with van der Waals surface area (Å²) in [6.07, 6.45) is 2.34. The zero-order chi connectivity index (χ0) is 14.4. The largest absolute Gasteiger partial charge is 0.398 e. The minimum atomic E-state index is 0.612. The van der Waals surface area contributed by atoms with Gasteiger partial charge in [-0.25, -0.2) is 0 Å². The van der Waals surface area contributed by atoms with Crippen LogP contribution in [0.1, 0.15) is 46.1 Å². The number of halogens is 1. The van der Waals surface area contributed by atoms with E-state index in [2.05, 4.69) is 32.6 Å². The van der Waals surface area contributed by atoms with E-state index in [9.17, 15) is 0 Å². The standard InChI is InChI=1S/C16H27ClN2/c1-5-15(6-2)19(10-12(3)4)11-13-9-14(17)7-8-16(13)18/h7-9,12,15H,5-6,10-11,18H2,1-4H3. The van der Waals surface area contributed by atoms with Gasteiger partial charge in [-0.15, -0.1) is 0 Å². The summed E-state index contributed by atoms with van der Waals surface area (Å²) in [4.78, 5) is 2.53. The molecule has 1 aromatic rings. The maximum absolute atomic E-state index is 6.08. The van der Waals surface area contributed by atoms with Crippen molar-refractivity contribution in [3.8, 4) is 0 Å². The Kier molecular flexibility index (Phi) is 6.67. The van der Waals surface area contributed by atoms with Crippen molar-refractivity contribution in [2.24, 2.45) is 5.92 Å². The molecule has 0 saturated heterocycles. The summed E-state index contributed by atoms with van der Waals surface area (Å²) < 4.78 is 0. The Morgan fingerprint density at radius 2 is 1.84 bits per heavy atom. The second-order valence-corrected chi connectivity index (χ2v) is 6.07. The van der Waals surface area contributed by atoms with Crippen LogP contribution in [0.25, 0.3) is 0 Å². The van der Waals surface area contributed by atoms with Gasteiger partial charge in [0.15, 0.2) is 0 Å². The van der Waals surface area contributed by atoms with Crippen LogP contribution in [0, 0.1) is 5.92 Å². The van der Waals surface area contributed by atoms with Crippen molar-refractivity contribution in [1.29, 1.82) is 0 Å². The third-order valence-electron chi connectivity index (χ3n) is 3.54. The van der Waals surface area contributed by atoms with Crippen molar-refractivity contribution in [1.82, 2.24) is 4.90 Å². The molecule has 3 heteroatoms. The molecule has 0 aliphatic rings. The topological polar surface area (TPSA) is 29.3 Å². The van der Waals surface area contributed by atoms with Crippen molar-refractivity contribution in [2.75, 3.05) is 12.3 Å². The molecular weight excluding hydrogens is 256 g/mol. The molecule has 0 heterocycles. The normalized spacial score (nSPS) is 11.8. The highest BCUT2D eigenvalue weighted by atomic mass is 35.5. The minimum absolute atomic E-state index is 0.612. The molecule has 0 atom stereocenters. The molecule has 0 saturated carbocycles. The summed E-state index contributed by atoms with van der Waals surface area (Å²) >= 11 is 6.08. The van der Waals surface area contributed by atoms with E-state index in [1.165, 1.54) is 12.8 Å². The van der Waals surface area contributed by atoms with E-state index in [1.54, 1.807) is 0 Å². The first kappa shape index (κ1) is 16.3. The van der Waals surface area contributed by atoms with Crippen LogP contribution in [0.4, 0.5) is 5.69 Å². The number of anilines is 1. The highest BCUT2D eigenvalue weighted by Gasteiger charge is 2.17. The Morgan fingerprint density at radius 1 is 1.21 bits per heavy atom. The fraction of sp³-hybridized carbons (Fsp3) is 0.625. The number of hydrogen-bond donors (Lipinski definition) is 1. The van der Waals surface area contributed by atoms with Gasteiger partial charge in [-0.05, 0) is 42.5 Å². The van der Waals surface area contributed by atoms with Crippen LogP contribution in [0.15, 0.2) is 18.2 Å². The summed E-state index contributed by atoms with van der Waals surface area (Å²) in [5.41, 5.74) is 8.04. The van der Waals surface area contributed by atoms with Gasteiger partial charge >= 0.3 is 0 Å². The van der Waals surface area contributed by atoms with E-state index in [-0.39, 0.29) is 0 Å². The average molecular weight is 283 g/mol. The quantitative estimate of drug-likeness (QED) is 0.742. The Hall–Kier alpha value is -0.730. The van der Waals surface area contributed by atoms with E-state index in [0.29, 0.717) is 12.0 Å². The molecule has 108 valence electrons. The third-order valence-corrected chi connectivity index (χ3v) is 3.77. The maximum Gasteiger partial charge on any atom is 0.0410 e. The number of nitrogen functional groups attached to an aromatic ring is 1. The number of rotatable bonds is 7. The molecule has 0 aliphatic heterocycles. The van der Waals surface area contributed by atoms with Gasteiger partial charge in [-0.3, -0.25) is 4.90 Å². The molecule has 0 fully saturated rings. The second kappa shape index (κ2) is 7.76. The maximum atomic E-state index is 6.08. The molecule has 19 heavy (non-hydrogen) atoms. The molecule has 2 nitrogen and oxygen atoms in total. The molecule has 0 aromatic heterocycles. The van der Waals surface area contributed by atoms with Gasteiger partial charge in [0.1, 0.15) is 0 Å². The third kappa shape index (κ3) is 5.04. The summed E-state index contributed by atoms with van der Waals surface area (Å²) in [6, 6.07) is 6.36. The molecule has 0 bridgehead atoms. The fourth-order valence-corrected chi connectivity index (χ4v) is 2.74. The average Bonchev–Trinajstić information content (AvgIpc) is 2.34. The zero-order valence-corrected chi connectivity index (χ0v) is 13.4. The van der Waals surface area contributed by atoms with Crippen molar-refractivity contribution >= 4 is 17.3 Å². The molecule has 0 amide bonds. The van der Waals surface area contributed by atoms with E-state index in [4.69, 9.17) is 17.3 Å². The zero-order valence-electron chi connectivity index (χ0n) is 12.6. The fourth-order valence-electron chi connectivity index (χ4n) is 2.55. The number of nitrogens with zero attached hydrogens (tertiary/aromatic N) is 1. The lowest BCUT2D eigenvalue weighted by Crippen LogP contribution is -2.36. The Balaban J connectivity index is 2.89. The molecule has 2 N–H and O–H groups in total. The number of nitrogens with two attached hydrogens (primary N) is 1. The summed E-state index contributed by atoms with van der Waals surface area (Å²) in [5.74, 6) is 0.654. The number of hydrogen-bond acceptors (Lipinski definition) is 2. The first-order valence-electron chi connectivity index (χ1n) is 7.25. The second-order valence-electron chi connectivity index (χ2n) is 5.64. The molecule has 1 rings (SSSR count). The predicted molar refractivity (Wildman–Crippen MR) is 85.5 cm³/mol. The Labute approximate surface area is 122 Å². The van der Waals surface area contributed by atoms with Gasteiger partial charge < -0.3 is 5.73 Å². The minimum Gasteiger partial charge on any atom is -0.398 e. The lowest BCUT2D eigenvalue weighted by molar-refractivity contribution is 0.158. The van der Waals surface area contributed by atoms with Crippen LogP contribution in [0.5, 0.6) is 0 Å². The smallest absolute Gasteiger partial charge is 0.0410 e. The first-order chi connectivity index (χ1) is 8.97. The van der Waals surface area contributed by atoms with Gasteiger partial charge in [-0.1, -0.05) is 39.3 Å². The summed E-state index contributed by atoms with van der Waals surface area (Å²) in [5, 5.41) is 0.762. The van der Waals surface area contributed by atoms with Crippen molar-refractivity contribution in [2.45, 2.75) is 53.1 Å². The van der Waals surface area contributed by atoms with E-state index in [0.717, 1.165) is 29.4 Å². The lowest BCUT2D eigenvalue weighted by Gasteiger charge is -2.32. The molecule has 0 spiro atoms. The van der Waals surface area contributed by atoms with E-state index < -0.39 is 0 Å². The van der Waals surface area contributed by atoms with Crippen molar-refractivity contribution < 1.29 is 0 Å². The van der Waals surface area contributed by atoms with Crippen LogP contribution >= 0.6 is 11.6 Å². The first-order valence-corrected chi connectivity index (χ1v) is 7.63. The predicted octanol–water partition coefficient (Wildman–Crippen LogP) is 4.57. The lowest BCUT2D eigenvalue weighted by atomic mass is 10.1. The molecule has 1 aromatic carbocycles. The Bertz CT molecular complexity index is 386. The van der Waals surface area contributed by atoms with Crippen LogP contribution in [-0.2, 0) is 6.54 Å². The highest BCUT2D eigenvalue weighted by Crippen LogP contribution is 2.22. The SMILES string of the molecule is CCC(CC)N(Cc1cc(Cl)ccc1N)CC(C)C. The summed E-state index contributed by atoms with van der Waals surface area (Å²) in [7, 11) is 0. The van der Waals surface area contributed by atoms with Gasteiger partial charge in [0.05, 0.1) is 0 Å². The van der Waals surface area contributed by atoms with Crippen LogP contribution in [0.3, 0.4) is 0 Å². The molecule has 0 aliphatic carbocycles. The highest BCUT2D eigenvalue weighted by molar-refractivity contribution is 6.30. The molecular formula is C16H27ClN2. The van der Waals surface area contributed by atoms with Gasteiger partial charge in [0, 0.05) is 29.8 Å². The van der Waals surface area contributed by atoms with E-state index >= 15 is 0 Å². The Morgan fingerprint density at radius 3 is 2.37 bits per heavy atom. The summed E-state index contributed by atoms with van der Waals surface area (Å²) in [6.45, 7) is 11.0. The number of benzene rings is 1. The molecule has 0 unspecified atom stereocenters. The van der Waals surface area contributed by atoms with Crippen molar-refractivity contribution in [3.05, 3.63) is 28.8 Å². The van der Waals surface area contributed by atoms with Crippen LogP contribution in [0.2, 0.25) is 5.02 Å². The molecule has 0 radical (unpaired) electrons. The van der Waals surface area contributed by atoms with Crippen LogP contribution < -0.4 is 5.73 Å². The van der Waals surface area contributed by atoms with Gasteiger partial charge in [0.25, 0.3) is 0 Å². The van der Waals surface area contributed by atoms with Gasteiger partial charge in [0.2, 0.25) is 0 Å². The van der Waals surface area contributed by atoms with Crippen molar-refractivity contribution in [3.63, 3.8) is 0 Å². The van der Waals surface area contributed by atoms with Crippen LogP contribution in [-0.4, -0.2) is 17.5 Å². The monoisotopic (exact) mass is 282 g/mol. The van der Waals surface area contributed by atoms with E-state index in [1.807, 2.05) is 18.2 Å².